The lowest BCUT2D eigenvalue weighted by Gasteiger charge is -2.48. The minimum atomic E-state index is 0.0654. The van der Waals surface area contributed by atoms with Gasteiger partial charge in [0.2, 0.25) is 17.6 Å². The zero-order valence-corrected chi connectivity index (χ0v) is 17.1. The predicted octanol–water partition coefficient (Wildman–Crippen LogP) is 3.37. The van der Waals surface area contributed by atoms with Crippen LogP contribution in [0.25, 0.3) is 11.4 Å². The number of carbonyl (C=O) groups excluding carboxylic acids is 1. The van der Waals surface area contributed by atoms with Crippen molar-refractivity contribution in [3.8, 4) is 11.4 Å². The summed E-state index contributed by atoms with van der Waals surface area (Å²) in [6.45, 7) is 3.11. The minimum Gasteiger partial charge on any atom is -0.354 e. The average Bonchev–Trinajstić information content (AvgIpc) is 3.27. The van der Waals surface area contributed by atoms with Crippen LogP contribution in [0.1, 0.15) is 63.7 Å². The van der Waals surface area contributed by atoms with Crippen LogP contribution in [-0.2, 0) is 11.2 Å². The molecule has 0 atom stereocenters. The van der Waals surface area contributed by atoms with E-state index in [1.165, 1.54) is 64.5 Å². The number of pyridine rings is 1. The first kappa shape index (κ1) is 20.0. The maximum Gasteiger partial charge on any atom is 0.227 e. The maximum atomic E-state index is 12.5. The molecule has 1 saturated carbocycles. The lowest BCUT2D eigenvalue weighted by atomic mass is 9.79. The number of likely N-dealkylation sites (tertiary alicyclic amines) is 1. The number of aromatic nitrogens is 3. The van der Waals surface area contributed by atoms with Crippen LogP contribution in [-0.4, -0.2) is 51.1 Å². The Balaban J connectivity index is 1.29. The summed E-state index contributed by atoms with van der Waals surface area (Å²) in [7, 11) is 0. The summed E-state index contributed by atoms with van der Waals surface area (Å²) in [4.78, 5) is 23.6. The lowest BCUT2D eigenvalue weighted by molar-refractivity contribution is -0.122. The number of amides is 1. The molecule has 2 aromatic heterocycles. The summed E-state index contributed by atoms with van der Waals surface area (Å²) in [6.07, 6.45) is 14.4. The molecular weight excluding hydrogens is 366 g/mol. The second-order valence-electron chi connectivity index (χ2n) is 8.36. The molecule has 0 bridgehead atoms. The number of piperidine rings is 1. The molecule has 4 rings (SSSR count). The highest BCUT2D eigenvalue weighted by atomic mass is 16.5. The number of aryl methyl sites for hydroxylation is 1. The number of carbonyl (C=O) groups is 1. The first-order chi connectivity index (χ1) is 14.3. The highest BCUT2D eigenvalue weighted by Gasteiger charge is 2.38. The van der Waals surface area contributed by atoms with Gasteiger partial charge in [-0.15, -0.1) is 0 Å². The molecule has 0 radical (unpaired) electrons. The molecule has 2 fully saturated rings. The Morgan fingerprint density at radius 3 is 2.55 bits per heavy atom. The standard InChI is InChI=1S/C22H31N5O2/c28-19(7-8-20-25-21(26-29-20)18-9-13-23-14-10-18)24-17-22(11-3-1-4-12-22)27-15-5-2-6-16-27/h9-10,13-14H,1-8,11-12,15-17H2,(H,24,28). The highest BCUT2D eigenvalue weighted by molar-refractivity contribution is 5.76. The highest BCUT2D eigenvalue weighted by Crippen LogP contribution is 2.35. The molecule has 1 N–H and O–H groups in total. The smallest absolute Gasteiger partial charge is 0.227 e. The molecule has 0 unspecified atom stereocenters. The van der Waals surface area contributed by atoms with E-state index in [2.05, 4.69) is 25.3 Å². The first-order valence-electron chi connectivity index (χ1n) is 11.0. The molecule has 1 saturated heterocycles. The van der Waals surface area contributed by atoms with Gasteiger partial charge >= 0.3 is 0 Å². The molecule has 1 amide bonds. The van der Waals surface area contributed by atoms with E-state index in [1.54, 1.807) is 12.4 Å². The molecule has 1 aliphatic carbocycles. The molecule has 7 heteroatoms. The van der Waals surface area contributed by atoms with E-state index in [9.17, 15) is 4.79 Å². The monoisotopic (exact) mass is 397 g/mol. The van der Waals surface area contributed by atoms with Crippen molar-refractivity contribution < 1.29 is 9.32 Å². The van der Waals surface area contributed by atoms with Crippen LogP contribution in [0.4, 0.5) is 0 Å². The molecule has 1 aliphatic heterocycles. The third-order valence-electron chi connectivity index (χ3n) is 6.40. The Kier molecular flexibility index (Phi) is 6.54. The average molecular weight is 398 g/mol. The van der Waals surface area contributed by atoms with Gasteiger partial charge in [0.15, 0.2) is 0 Å². The fourth-order valence-electron chi connectivity index (χ4n) is 4.73. The molecule has 29 heavy (non-hydrogen) atoms. The van der Waals surface area contributed by atoms with Gasteiger partial charge in [-0.25, -0.2) is 0 Å². The molecule has 7 nitrogen and oxygen atoms in total. The summed E-state index contributed by atoms with van der Waals surface area (Å²) >= 11 is 0. The molecule has 156 valence electrons. The number of rotatable bonds is 7. The Bertz CT molecular complexity index is 780. The summed E-state index contributed by atoms with van der Waals surface area (Å²) in [6, 6.07) is 3.68. The van der Waals surface area contributed by atoms with E-state index in [0.717, 1.165) is 12.1 Å². The van der Waals surface area contributed by atoms with Crippen LogP contribution in [0.3, 0.4) is 0 Å². The first-order valence-corrected chi connectivity index (χ1v) is 11.0. The van der Waals surface area contributed by atoms with Gasteiger partial charge in [0, 0.05) is 42.9 Å². The van der Waals surface area contributed by atoms with Gasteiger partial charge in [-0.1, -0.05) is 30.8 Å². The predicted molar refractivity (Wildman–Crippen MR) is 110 cm³/mol. The maximum absolute atomic E-state index is 12.5. The van der Waals surface area contributed by atoms with Crippen molar-refractivity contribution in [3.63, 3.8) is 0 Å². The van der Waals surface area contributed by atoms with Gasteiger partial charge in [0.05, 0.1) is 0 Å². The molecule has 2 aromatic rings. The second kappa shape index (κ2) is 9.48. The Morgan fingerprint density at radius 2 is 1.79 bits per heavy atom. The van der Waals surface area contributed by atoms with Crippen molar-refractivity contribution in [1.82, 2.24) is 25.3 Å². The normalized spacial score (nSPS) is 19.7. The van der Waals surface area contributed by atoms with Gasteiger partial charge in [0.1, 0.15) is 0 Å². The van der Waals surface area contributed by atoms with Crippen molar-refractivity contribution in [2.45, 2.75) is 69.7 Å². The van der Waals surface area contributed by atoms with Gasteiger partial charge in [0.25, 0.3) is 0 Å². The van der Waals surface area contributed by atoms with Crippen molar-refractivity contribution in [2.75, 3.05) is 19.6 Å². The van der Waals surface area contributed by atoms with E-state index >= 15 is 0 Å². The third-order valence-corrected chi connectivity index (χ3v) is 6.40. The van der Waals surface area contributed by atoms with E-state index in [4.69, 9.17) is 4.52 Å². The molecular formula is C22H31N5O2. The van der Waals surface area contributed by atoms with Crippen molar-refractivity contribution in [3.05, 3.63) is 30.4 Å². The third kappa shape index (κ3) is 5.01. The summed E-state index contributed by atoms with van der Waals surface area (Å²) < 4.78 is 5.31. The summed E-state index contributed by atoms with van der Waals surface area (Å²) in [5.41, 5.74) is 1.02. The van der Waals surface area contributed by atoms with Crippen molar-refractivity contribution >= 4 is 5.91 Å². The van der Waals surface area contributed by atoms with E-state index in [-0.39, 0.29) is 11.4 Å². The van der Waals surface area contributed by atoms with Gasteiger partial charge in [-0.05, 0) is 50.9 Å². The number of nitrogens with one attached hydrogen (secondary N) is 1. The van der Waals surface area contributed by atoms with Crippen LogP contribution in [0, 0.1) is 0 Å². The van der Waals surface area contributed by atoms with Crippen LogP contribution < -0.4 is 5.32 Å². The van der Waals surface area contributed by atoms with Gasteiger partial charge in [-0.2, -0.15) is 4.98 Å². The van der Waals surface area contributed by atoms with E-state index in [0.29, 0.717) is 24.6 Å². The zero-order chi connectivity index (χ0) is 19.9. The Morgan fingerprint density at radius 1 is 1.07 bits per heavy atom. The van der Waals surface area contributed by atoms with Gasteiger partial charge in [-0.3, -0.25) is 14.7 Å². The van der Waals surface area contributed by atoms with E-state index in [1.807, 2.05) is 12.1 Å². The lowest BCUT2D eigenvalue weighted by Crippen LogP contribution is -2.58. The zero-order valence-electron chi connectivity index (χ0n) is 17.1. The van der Waals surface area contributed by atoms with Gasteiger partial charge < -0.3 is 9.84 Å². The number of hydrogen-bond donors (Lipinski definition) is 1. The molecule has 3 heterocycles. The van der Waals surface area contributed by atoms with Crippen molar-refractivity contribution in [2.24, 2.45) is 0 Å². The Hall–Kier alpha value is -2.28. The van der Waals surface area contributed by atoms with Crippen molar-refractivity contribution in [1.29, 1.82) is 0 Å². The molecule has 0 spiro atoms. The fourth-order valence-corrected chi connectivity index (χ4v) is 4.73. The molecule has 0 aromatic carbocycles. The topological polar surface area (TPSA) is 84.1 Å². The van der Waals surface area contributed by atoms with Crippen LogP contribution in [0.5, 0.6) is 0 Å². The quantitative estimate of drug-likeness (QED) is 0.771. The summed E-state index contributed by atoms with van der Waals surface area (Å²) in [5.74, 6) is 1.10. The number of hydrogen-bond acceptors (Lipinski definition) is 6. The summed E-state index contributed by atoms with van der Waals surface area (Å²) in [5, 5.41) is 7.22. The van der Waals surface area contributed by atoms with E-state index < -0.39 is 0 Å². The SMILES string of the molecule is O=C(CCc1nc(-c2ccncc2)no1)NCC1(N2CCCCC2)CCCCC1. The second-order valence-corrected chi connectivity index (χ2v) is 8.36. The van der Waals surface area contributed by atoms with Crippen LogP contribution >= 0.6 is 0 Å². The fraction of sp³-hybridized carbons (Fsp3) is 0.636. The van der Waals surface area contributed by atoms with Crippen LogP contribution in [0.2, 0.25) is 0 Å². The number of nitrogens with zero attached hydrogens (tertiary/aromatic N) is 4. The Labute approximate surface area is 172 Å². The van der Waals surface area contributed by atoms with Crippen LogP contribution in [0.15, 0.2) is 29.0 Å². The molecule has 2 aliphatic rings. The largest absolute Gasteiger partial charge is 0.354 e. The minimum absolute atomic E-state index is 0.0654.